The van der Waals surface area contributed by atoms with Crippen LogP contribution in [0.4, 0.5) is 0 Å². The lowest BCUT2D eigenvalue weighted by Crippen LogP contribution is -2.25. The van der Waals surface area contributed by atoms with E-state index in [9.17, 15) is 19.8 Å². The third kappa shape index (κ3) is 3.71. The molecule has 120 valence electrons. The summed E-state index contributed by atoms with van der Waals surface area (Å²) in [5.41, 5.74) is 0.365. The number of aromatic hydroxyl groups is 1. The standard InChI is InChI=1S/C16H16N2O5/c19-8-12-11(7-17-14(15(12)22)13(21)9-20)16(23)18-6-10-4-2-1-3-5-10/h1-5,7,19-20,22H,6,8-9H2,(H,18,23). The maximum Gasteiger partial charge on any atom is 0.253 e. The minimum absolute atomic E-state index is 0.0320. The van der Waals surface area contributed by atoms with Gasteiger partial charge in [0.1, 0.15) is 6.61 Å². The maximum atomic E-state index is 12.2. The lowest BCUT2D eigenvalue weighted by atomic mass is 10.1. The van der Waals surface area contributed by atoms with Crippen molar-refractivity contribution in [2.75, 3.05) is 6.61 Å². The molecule has 2 aromatic rings. The number of nitrogens with one attached hydrogen (secondary N) is 1. The third-order valence-corrected chi connectivity index (χ3v) is 3.26. The van der Waals surface area contributed by atoms with Crippen LogP contribution in [-0.4, -0.2) is 38.6 Å². The molecule has 0 saturated heterocycles. The summed E-state index contributed by atoms with van der Waals surface area (Å²) in [5.74, 6) is -1.93. The Bertz CT molecular complexity index is 716. The number of carbonyl (C=O) groups is 2. The number of rotatable bonds is 6. The number of pyridine rings is 1. The number of aromatic nitrogens is 1. The van der Waals surface area contributed by atoms with Crippen molar-refractivity contribution < 1.29 is 24.9 Å². The number of benzene rings is 1. The van der Waals surface area contributed by atoms with Gasteiger partial charge in [-0.25, -0.2) is 4.98 Å². The summed E-state index contributed by atoms with van der Waals surface area (Å²) in [5, 5.41) is 30.8. The number of ketones is 1. The van der Waals surface area contributed by atoms with Gasteiger partial charge < -0.3 is 20.6 Å². The highest BCUT2D eigenvalue weighted by atomic mass is 16.3. The number of amides is 1. The molecule has 7 nitrogen and oxygen atoms in total. The molecule has 0 aliphatic carbocycles. The first-order valence-corrected chi connectivity index (χ1v) is 6.86. The number of hydrogen-bond donors (Lipinski definition) is 4. The predicted molar refractivity (Wildman–Crippen MR) is 80.9 cm³/mol. The van der Waals surface area contributed by atoms with E-state index in [1.165, 1.54) is 0 Å². The van der Waals surface area contributed by atoms with Crippen LogP contribution in [0.25, 0.3) is 0 Å². The molecule has 1 aromatic heterocycles. The molecule has 23 heavy (non-hydrogen) atoms. The Kier molecular flexibility index (Phi) is 5.40. The Labute approximate surface area is 132 Å². The summed E-state index contributed by atoms with van der Waals surface area (Å²) >= 11 is 0. The van der Waals surface area contributed by atoms with Gasteiger partial charge in [-0.3, -0.25) is 9.59 Å². The minimum atomic E-state index is -0.828. The van der Waals surface area contributed by atoms with E-state index in [1.54, 1.807) is 0 Å². The lowest BCUT2D eigenvalue weighted by molar-refractivity contribution is 0.0891. The first-order chi connectivity index (χ1) is 11.1. The van der Waals surface area contributed by atoms with Crippen LogP contribution in [0.1, 0.15) is 32.0 Å². The fraction of sp³-hybridized carbons (Fsp3) is 0.188. The zero-order valence-electron chi connectivity index (χ0n) is 12.2. The number of Topliss-reactive ketones (excluding diaryl/α,β-unsaturated/α-hetero) is 1. The molecular weight excluding hydrogens is 300 g/mol. The van der Waals surface area contributed by atoms with Gasteiger partial charge in [-0.15, -0.1) is 0 Å². The van der Waals surface area contributed by atoms with Crippen molar-refractivity contribution in [3.8, 4) is 5.75 Å². The number of hydrogen-bond acceptors (Lipinski definition) is 6. The highest BCUT2D eigenvalue weighted by molar-refractivity contribution is 6.01. The van der Waals surface area contributed by atoms with Crippen LogP contribution in [-0.2, 0) is 13.2 Å². The van der Waals surface area contributed by atoms with Crippen LogP contribution in [0.3, 0.4) is 0 Å². The number of nitrogens with zero attached hydrogens (tertiary/aromatic N) is 1. The van der Waals surface area contributed by atoms with Gasteiger partial charge in [0, 0.05) is 18.3 Å². The van der Waals surface area contributed by atoms with Gasteiger partial charge in [0.15, 0.2) is 11.4 Å². The summed E-state index contributed by atoms with van der Waals surface area (Å²) in [4.78, 5) is 27.3. The molecular formula is C16H16N2O5. The van der Waals surface area contributed by atoms with Crippen molar-refractivity contribution in [3.05, 3.63) is 58.9 Å². The molecule has 0 aliphatic rings. The zero-order valence-corrected chi connectivity index (χ0v) is 12.2. The van der Waals surface area contributed by atoms with E-state index >= 15 is 0 Å². The molecule has 0 radical (unpaired) electrons. The second kappa shape index (κ2) is 7.48. The molecule has 2 rings (SSSR count). The molecule has 0 saturated carbocycles. The summed E-state index contributed by atoms with van der Waals surface area (Å²) < 4.78 is 0. The van der Waals surface area contributed by atoms with Gasteiger partial charge >= 0.3 is 0 Å². The monoisotopic (exact) mass is 316 g/mol. The first-order valence-electron chi connectivity index (χ1n) is 6.86. The molecule has 1 aromatic carbocycles. The summed E-state index contributed by atoms with van der Waals surface area (Å²) in [6.07, 6.45) is 1.09. The Morgan fingerprint density at radius 2 is 1.83 bits per heavy atom. The number of carbonyl (C=O) groups excluding carboxylic acids is 2. The molecule has 0 spiro atoms. The van der Waals surface area contributed by atoms with Crippen LogP contribution in [0.2, 0.25) is 0 Å². The molecule has 1 amide bonds. The van der Waals surface area contributed by atoms with Crippen molar-refractivity contribution in [1.82, 2.24) is 10.3 Å². The molecule has 0 aliphatic heterocycles. The van der Waals surface area contributed by atoms with E-state index in [2.05, 4.69) is 10.3 Å². The van der Waals surface area contributed by atoms with Gasteiger partial charge in [0.05, 0.1) is 12.2 Å². The summed E-state index contributed by atoms with van der Waals surface area (Å²) in [6, 6.07) is 9.21. The average molecular weight is 316 g/mol. The largest absolute Gasteiger partial charge is 0.505 e. The number of aliphatic hydroxyl groups excluding tert-OH is 2. The van der Waals surface area contributed by atoms with Crippen LogP contribution in [0, 0.1) is 0 Å². The Morgan fingerprint density at radius 1 is 1.13 bits per heavy atom. The summed E-state index contributed by atoms with van der Waals surface area (Å²) in [7, 11) is 0. The van der Waals surface area contributed by atoms with Crippen LogP contribution in [0.15, 0.2) is 36.5 Å². The van der Waals surface area contributed by atoms with E-state index in [4.69, 9.17) is 5.11 Å². The highest BCUT2D eigenvalue weighted by Crippen LogP contribution is 2.24. The molecule has 4 N–H and O–H groups in total. The predicted octanol–water partition coefficient (Wildman–Crippen LogP) is 0.384. The van der Waals surface area contributed by atoms with Crippen molar-refractivity contribution in [1.29, 1.82) is 0 Å². The SMILES string of the molecule is O=C(NCc1ccccc1)c1cnc(C(=O)CO)c(O)c1CO. The second-order valence-electron chi connectivity index (χ2n) is 4.76. The smallest absolute Gasteiger partial charge is 0.253 e. The molecule has 0 unspecified atom stereocenters. The topological polar surface area (TPSA) is 120 Å². The fourth-order valence-electron chi connectivity index (χ4n) is 2.05. The zero-order chi connectivity index (χ0) is 16.8. The van der Waals surface area contributed by atoms with E-state index in [0.29, 0.717) is 0 Å². The molecule has 0 fully saturated rings. The van der Waals surface area contributed by atoms with E-state index in [1.807, 2.05) is 30.3 Å². The van der Waals surface area contributed by atoms with Gasteiger partial charge in [0.25, 0.3) is 5.91 Å². The average Bonchev–Trinajstić information content (AvgIpc) is 2.59. The van der Waals surface area contributed by atoms with Crippen molar-refractivity contribution in [2.24, 2.45) is 0 Å². The van der Waals surface area contributed by atoms with Crippen molar-refractivity contribution in [2.45, 2.75) is 13.2 Å². The molecule has 0 atom stereocenters. The van der Waals surface area contributed by atoms with Crippen LogP contribution >= 0.6 is 0 Å². The van der Waals surface area contributed by atoms with E-state index < -0.39 is 30.7 Å². The van der Waals surface area contributed by atoms with E-state index in [-0.39, 0.29) is 23.4 Å². The van der Waals surface area contributed by atoms with Crippen molar-refractivity contribution in [3.63, 3.8) is 0 Å². The van der Waals surface area contributed by atoms with Crippen LogP contribution in [0.5, 0.6) is 5.75 Å². The Morgan fingerprint density at radius 3 is 2.43 bits per heavy atom. The lowest BCUT2D eigenvalue weighted by Gasteiger charge is -2.12. The van der Waals surface area contributed by atoms with E-state index in [0.717, 1.165) is 11.8 Å². The molecule has 1 heterocycles. The Hall–Kier alpha value is -2.77. The third-order valence-electron chi connectivity index (χ3n) is 3.26. The normalized spacial score (nSPS) is 10.3. The minimum Gasteiger partial charge on any atom is -0.505 e. The van der Waals surface area contributed by atoms with Crippen molar-refractivity contribution >= 4 is 11.7 Å². The summed E-state index contributed by atoms with van der Waals surface area (Å²) in [6.45, 7) is -1.21. The molecule has 7 heteroatoms. The van der Waals surface area contributed by atoms with Gasteiger partial charge in [-0.1, -0.05) is 30.3 Å². The van der Waals surface area contributed by atoms with Gasteiger partial charge in [-0.2, -0.15) is 0 Å². The fourth-order valence-corrected chi connectivity index (χ4v) is 2.05. The van der Waals surface area contributed by atoms with Gasteiger partial charge in [0.2, 0.25) is 5.78 Å². The second-order valence-corrected chi connectivity index (χ2v) is 4.76. The highest BCUT2D eigenvalue weighted by Gasteiger charge is 2.21. The maximum absolute atomic E-state index is 12.2. The Balaban J connectivity index is 2.23. The van der Waals surface area contributed by atoms with Gasteiger partial charge in [-0.05, 0) is 5.56 Å². The molecule has 0 bridgehead atoms. The van der Waals surface area contributed by atoms with Crippen LogP contribution < -0.4 is 5.32 Å². The number of aliphatic hydroxyl groups is 2. The first kappa shape index (κ1) is 16.6. The quantitative estimate of drug-likeness (QED) is 0.572.